The van der Waals surface area contributed by atoms with Crippen LogP contribution in [-0.4, -0.2) is 11.5 Å². The molecule has 0 saturated carbocycles. The van der Waals surface area contributed by atoms with Crippen LogP contribution in [0.15, 0.2) is 22.7 Å². The summed E-state index contributed by atoms with van der Waals surface area (Å²) in [5.74, 6) is 0. The number of benzene rings is 1. The van der Waals surface area contributed by atoms with Crippen LogP contribution in [0.1, 0.15) is 32.8 Å². The van der Waals surface area contributed by atoms with Gasteiger partial charge in [0.15, 0.2) is 0 Å². The zero-order valence-corrected chi connectivity index (χ0v) is 12.6. The maximum atomic E-state index is 10.7. The third-order valence-corrected chi connectivity index (χ3v) is 3.50. The van der Waals surface area contributed by atoms with E-state index in [0.717, 1.165) is 23.0 Å². The Balaban J connectivity index is 2.65. The molecule has 4 nitrogen and oxygen atoms in total. The molecule has 0 aromatic heterocycles. The highest BCUT2D eigenvalue weighted by molar-refractivity contribution is 9.10. The normalized spacial score (nSPS) is 11.6. The number of halogens is 1. The number of nitrogens with zero attached hydrogens (tertiary/aromatic N) is 1. The highest BCUT2D eigenvalue weighted by atomic mass is 79.9. The van der Waals surface area contributed by atoms with Crippen molar-refractivity contribution in [1.29, 1.82) is 0 Å². The summed E-state index contributed by atoms with van der Waals surface area (Å²) >= 11 is 3.29. The fourth-order valence-electron chi connectivity index (χ4n) is 1.51. The van der Waals surface area contributed by atoms with Crippen LogP contribution in [0.25, 0.3) is 0 Å². The molecule has 0 aliphatic carbocycles. The van der Waals surface area contributed by atoms with Gasteiger partial charge in [-0.1, -0.05) is 36.7 Å². The molecule has 0 amide bonds. The van der Waals surface area contributed by atoms with Gasteiger partial charge in [-0.25, -0.2) is 0 Å². The number of nitro groups is 1. The van der Waals surface area contributed by atoms with E-state index in [2.05, 4.69) is 42.0 Å². The zero-order valence-electron chi connectivity index (χ0n) is 11.0. The first-order valence-electron chi connectivity index (χ1n) is 5.98. The number of rotatable bonds is 6. The molecular formula is C13H19BrN2O2. The molecule has 18 heavy (non-hydrogen) atoms. The fourth-order valence-corrected chi connectivity index (χ4v) is 2.04. The third-order valence-electron chi connectivity index (χ3n) is 3.04. The predicted molar refractivity (Wildman–Crippen MR) is 76.6 cm³/mol. The summed E-state index contributed by atoms with van der Waals surface area (Å²) in [5, 5.41) is 14.1. The zero-order chi connectivity index (χ0) is 13.8. The number of nitrogens with one attached hydrogen (secondary N) is 1. The van der Waals surface area contributed by atoms with Crippen LogP contribution >= 0.6 is 15.9 Å². The van der Waals surface area contributed by atoms with Crippen LogP contribution in [0, 0.1) is 15.5 Å². The second-order valence-electron chi connectivity index (χ2n) is 5.20. The standard InChI is InChI=1S/C13H19BrN2O2/c1-4-13(2,3)9-15-8-10-5-11(14)7-12(6-10)16(17)18/h5-7,15H,4,8-9H2,1-3H3. The summed E-state index contributed by atoms with van der Waals surface area (Å²) in [6, 6.07) is 5.02. The molecule has 0 aliphatic heterocycles. The van der Waals surface area contributed by atoms with Gasteiger partial charge in [0.05, 0.1) is 4.92 Å². The molecule has 0 spiro atoms. The molecule has 1 rings (SSSR count). The Morgan fingerprint density at radius 3 is 2.61 bits per heavy atom. The molecule has 0 fully saturated rings. The Morgan fingerprint density at radius 2 is 2.06 bits per heavy atom. The topological polar surface area (TPSA) is 55.2 Å². The number of hydrogen-bond acceptors (Lipinski definition) is 3. The molecule has 0 saturated heterocycles. The molecule has 0 heterocycles. The van der Waals surface area contributed by atoms with Crippen molar-refractivity contribution in [3.63, 3.8) is 0 Å². The number of non-ortho nitro benzene ring substituents is 1. The van der Waals surface area contributed by atoms with Crippen molar-refractivity contribution in [2.24, 2.45) is 5.41 Å². The van der Waals surface area contributed by atoms with Gasteiger partial charge in [0.25, 0.3) is 5.69 Å². The Hall–Kier alpha value is -0.940. The molecule has 0 bridgehead atoms. The Kier molecular flexibility index (Phi) is 5.28. The maximum absolute atomic E-state index is 10.7. The van der Waals surface area contributed by atoms with Crippen LogP contribution in [0.5, 0.6) is 0 Å². The number of hydrogen-bond donors (Lipinski definition) is 1. The van der Waals surface area contributed by atoms with Crippen molar-refractivity contribution < 1.29 is 4.92 Å². The third kappa shape index (κ3) is 4.74. The summed E-state index contributed by atoms with van der Waals surface area (Å²) in [7, 11) is 0. The highest BCUT2D eigenvalue weighted by Crippen LogP contribution is 2.22. The largest absolute Gasteiger partial charge is 0.312 e. The van der Waals surface area contributed by atoms with Gasteiger partial charge in [-0.2, -0.15) is 0 Å². The van der Waals surface area contributed by atoms with Gasteiger partial charge in [-0.3, -0.25) is 10.1 Å². The van der Waals surface area contributed by atoms with Gasteiger partial charge < -0.3 is 5.32 Å². The van der Waals surface area contributed by atoms with Gasteiger partial charge >= 0.3 is 0 Å². The van der Waals surface area contributed by atoms with Gasteiger partial charge in [-0.15, -0.1) is 0 Å². The molecule has 0 unspecified atom stereocenters. The average molecular weight is 315 g/mol. The van der Waals surface area contributed by atoms with Crippen molar-refractivity contribution in [1.82, 2.24) is 5.32 Å². The van der Waals surface area contributed by atoms with E-state index in [9.17, 15) is 10.1 Å². The molecule has 1 N–H and O–H groups in total. The lowest BCUT2D eigenvalue weighted by atomic mass is 9.90. The Bertz CT molecular complexity index is 433. The van der Waals surface area contributed by atoms with E-state index in [1.165, 1.54) is 6.07 Å². The van der Waals surface area contributed by atoms with Gasteiger partial charge in [-0.05, 0) is 23.5 Å². The first-order chi connectivity index (χ1) is 8.34. The van der Waals surface area contributed by atoms with Gasteiger partial charge in [0.2, 0.25) is 0 Å². The SMILES string of the molecule is CCC(C)(C)CNCc1cc(Br)cc([N+](=O)[O-])c1. The van der Waals surface area contributed by atoms with E-state index in [-0.39, 0.29) is 16.0 Å². The average Bonchev–Trinajstić information content (AvgIpc) is 2.28. The lowest BCUT2D eigenvalue weighted by Crippen LogP contribution is -2.28. The van der Waals surface area contributed by atoms with Gasteiger partial charge in [0, 0.05) is 29.7 Å². The van der Waals surface area contributed by atoms with Crippen LogP contribution in [0.3, 0.4) is 0 Å². The highest BCUT2D eigenvalue weighted by Gasteiger charge is 2.14. The summed E-state index contributed by atoms with van der Waals surface area (Å²) < 4.78 is 0.739. The van der Waals surface area contributed by atoms with E-state index in [4.69, 9.17) is 0 Å². The molecule has 0 atom stereocenters. The monoisotopic (exact) mass is 314 g/mol. The maximum Gasteiger partial charge on any atom is 0.270 e. The van der Waals surface area contributed by atoms with Crippen molar-refractivity contribution in [3.8, 4) is 0 Å². The molecule has 1 aromatic carbocycles. The van der Waals surface area contributed by atoms with E-state index in [0.29, 0.717) is 6.54 Å². The number of nitro benzene ring substituents is 1. The Labute approximate surface area is 116 Å². The van der Waals surface area contributed by atoms with Gasteiger partial charge in [0.1, 0.15) is 0 Å². The molecular weight excluding hydrogens is 296 g/mol. The Morgan fingerprint density at radius 1 is 1.39 bits per heavy atom. The second-order valence-corrected chi connectivity index (χ2v) is 6.11. The molecule has 0 aliphatic rings. The van der Waals surface area contributed by atoms with E-state index in [1.54, 1.807) is 6.07 Å². The molecule has 5 heteroatoms. The summed E-state index contributed by atoms with van der Waals surface area (Å²) in [5.41, 5.74) is 1.29. The lowest BCUT2D eigenvalue weighted by molar-refractivity contribution is -0.385. The van der Waals surface area contributed by atoms with Crippen molar-refractivity contribution in [2.45, 2.75) is 33.7 Å². The minimum Gasteiger partial charge on any atom is -0.312 e. The van der Waals surface area contributed by atoms with Crippen molar-refractivity contribution >= 4 is 21.6 Å². The molecule has 1 aromatic rings. The minimum absolute atomic E-state index is 0.121. The van der Waals surface area contributed by atoms with Crippen LogP contribution < -0.4 is 5.32 Å². The lowest BCUT2D eigenvalue weighted by Gasteiger charge is -2.22. The first-order valence-corrected chi connectivity index (χ1v) is 6.78. The summed E-state index contributed by atoms with van der Waals surface area (Å²) in [4.78, 5) is 10.4. The van der Waals surface area contributed by atoms with Crippen molar-refractivity contribution in [3.05, 3.63) is 38.3 Å². The summed E-state index contributed by atoms with van der Waals surface area (Å²) in [6.07, 6.45) is 1.10. The molecule has 100 valence electrons. The smallest absolute Gasteiger partial charge is 0.270 e. The van der Waals surface area contributed by atoms with E-state index in [1.807, 2.05) is 6.07 Å². The predicted octanol–water partition coefficient (Wildman–Crippen LogP) is 3.88. The van der Waals surface area contributed by atoms with Crippen LogP contribution in [0.2, 0.25) is 0 Å². The van der Waals surface area contributed by atoms with Crippen molar-refractivity contribution in [2.75, 3.05) is 6.54 Å². The molecule has 0 radical (unpaired) electrons. The van der Waals surface area contributed by atoms with Crippen LogP contribution in [0.4, 0.5) is 5.69 Å². The second kappa shape index (κ2) is 6.29. The summed E-state index contributed by atoms with van der Waals surface area (Å²) in [6.45, 7) is 8.09. The minimum atomic E-state index is -0.371. The van der Waals surface area contributed by atoms with E-state index >= 15 is 0 Å². The first kappa shape index (κ1) is 15.1. The quantitative estimate of drug-likeness (QED) is 0.640. The van der Waals surface area contributed by atoms with Crippen LogP contribution in [-0.2, 0) is 6.54 Å². The van der Waals surface area contributed by atoms with E-state index < -0.39 is 0 Å². The fraction of sp³-hybridized carbons (Fsp3) is 0.538.